The molecule has 2 aromatic carbocycles. The summed E-state index contributed by atoms with van der Waals surface area (Å²) in [6, 6.07) is 15.3. The number of likely N-dealkylation sites (N-methyl/N-ethyl adjacent to an activating group) is 1. The molecule has 244 valence electrons. The summed E-state index contributed by atoms with van der Waals surface area (Å²) in [5.41, 5.74) is 4.33. The summed E-state index contributed by atoms with van der Waals surface area (Å²) in [6.07, 6.45) is 1.65. The predicted octanol–water partition coefficient (Wildman–Crippen LogP) is 8.26. The van der Waals surface area contributed by atoms with Crippen LogP contribution in [0.5, 0.6) is 0 Å². The van der Waals surface area contributed by atoms with E-state index in [0.29, 0.717) is 23.8 Å². The standard InChI is InChI=1S/C33H34N6O6S2/c1-6-29(40)43-18-16-39(8-3)25-13-14-26(21(4)19-25)36-38-33-34-31-27(46-33)20-28(47-31)37-35-24-11-9-23(10-12-24)15-17-44-32(42)22(5)45-30(41)7-2/h6-7,9-14,19-20,22H,1-2,8,15-18H2,3-5H3. The number of ether oxygens (including phenoxy) is 3. The second kappa shape index (κ2) is 17.0. The van der Waals surface area contributed by atoms with Crippen LogP contribution in [-0.4, -0.2) is 55.3 Å². The molecule has 47 heavy (non-hydrogen) atoms. The molecule has 0 aliphatic carbocycles. The number of fused-ring (bicyclic) bond motifs is 1. The van der Waals surface area contributed by atoms with Crippen molar-refractivity contribution in [2.24, 2.45) is 20.5 Å². The molecule has 4 rings (SSSR count). The van der Waals surface area contributed by atoms with Crippen molar-refractivity contribution in [2.45, 2.75) is 33.3 Å². The molecule has 0 aliphatic heterocycles. The first-order chi connectivity index (χ1) is 22.7. The number of azo groups is 2. The van der Waals surface area contributed by atoms with Crippen LogP contribution in [0.4, 0.5) is 27.2 Å². The van der Waals surface area contributed by atoms with Crippen LogP contribution in [0.2, 0.25) is 0 Å². The lowest BCUT2D eigenvalue weighted by Crippen LogP contribution is -2.27. The third kappa shape index (κ3) is 10.2. The molecular formula is C33H34N6O6S2. The Kier molecular flexibility index (Phi) is 12.6. The first-order valence-electron chi connectivity index (χ1n) is 14.7. The van der Waals surface area contributed by atoms with Crippen LogP contribution >= 0.6 is 22.7 Å². The highest BCUT2D eigenvalue weighted by molar-refractivity contribution is 7.30. The fourth-order valence-electron chi connectivity index (χ4n) is 4.13. The first-order valence-corrected chi connectivity index (χ1v) is 16.3. The molecule has 0 amide bonds. The fraction of sp³-hybridized carbons (Fsp3) is 0.273. The van der Waals surface area contributed by atoms with E-state index in [9.17, 15) is 14.4 Å². The zero-order chi connectivity index (χ0) is 33.8. The van der Waals surface area contributed by atoms with Gasteiger partial charge in [-0.1, -0.05) is 48.0 Å². The minimum absolute atomic E-state index is 0.151. The lowest BCUT2D eigenvalue weighted by Gasteiger charge is -2.23. The summed E-state index contributed by atoms with van der Waals surface area (Å²) in [4.78, 5) is 41.9. The maximum absolute atomic E-state index is 11.9. The number of hydrogen-bond donors (Lipinski definition) is 0. The highest BCUT2D eigenvalue weighted by Gasteiger charge is 2.17. The molecule has 0 radical (unpaired) electrons. The molecule has 14 heteroatoms. The minimum atomic E-state index is -0.997. The number of carbonyl (C=O) groups is 3. The van der Waals surface area contributed by atoms with Crippen LogP contribution in [0.25, 0.3) is 9.53 Å². The second-order valence-electron chi connectivity index (χ2n) is 9.94. The fourth-order valence-corrected chi connectivity index (χ4v) is 5.98. The number of thiazole rings is 1. The lowest BCUT2D eigenvalue weighted by molar-refractivity contribution is -0.163. The van der Waals surface area contributed by atoms with Crippen molar-refractivity contribution in [2.75, 3.05) is 31.2 Å². The third-order valence-corrected chi connectivity index (χ3v) is 8.56. The van der Waals surface area contributed by atoms with Gasteiger partial charge in [-0.25, -0.2) is 19.4 Å². The minimum Gasteiger partial charge on any atom is -0.463 e. The molecule has 0 bridgehead atoms. The topological polar surface area (TPSA) is 144 Å². The number of nitrogens with zero attached hydrogens (tertiary/aromatic N) is 6. The Morgan fingerprint density at radius 3 is 2.38 bits per heavy atom. The lowest BCUT2D eigenvalue weighted by atomic mass is 10.1. The molecule has 1 unspecified atom stereocenters. The van der Waals surface area contributed by atoms with Crippen molar-refractivity contribution in [1.29, 1.82) is 0 Å². The van der Waals surface area contributed by atoms with Crippen molar-refractivity contribution in [3.8, 4) is 0 Å². The van der Waals surface area contributed by atoms with Gasteiger partial charge < -0.3 is 19.1 Å². The second-order valence-corrected chi connectivity index (χ2v) is 12.0. The van der Waals surface area contributed by atoms with Gasteiger partial charge >= 0.3 is 17.9 Å². The van der Waals surface area contributed by atoms with Gasteiger partial charge in [-0.05, 0) is 68.3 Å². The quantitative estimate of drug-likeness (QED) is 0.0500. The van der Waals surface area contributed by atoms with Crippen LogP contribution in [0.3, 0.4) is 0 Å². The number of esters is 3. The van der Waals surface area contributed by atoms with Crippen LogP contribution in [0.1, 0.15) is 25.0 Å². The normalized spacial score (nSPS) is 11.9. The zero-order valence-corrected chi connectivity index (χ0v) is 27.9. The highest BCUT2D eigenvalue weighted by atomic mass is 32.1. The number of rotatable bonds is 16. The Morgan fingerprint density at radius 2 is 1.70 bits per heavy atom. The summed E-state index contributed by atoms with van der Waals surface area (Å²) in [5.74, 6) is -1.73. The van der Waals surface area contributed by atoms with Crippen LogP contribution in [-0.2, 0) is 35.0 Å². The number of carbonyl (C=O) groups excluding carboxylic acids is 3. The molecule has 0 N–H and O–H groups in total. The SMILES string of the molecule is C=CC(=O)OCCN(CC)c1ccc(N=Nc2nc3sc(N=Nc4ccc(CCOC(=O)C(C)OC(=O)C=C)cc4)cc3s2)c(C)c1. The summed E-state index contributed by atoms with van der Waals surface area (Å²) >= 11 is 2.84. The van der Waals surface area contributed by atoms with E-state index in [2.05, 4.69) is 43.5 Å². The van der Waals surface area contributed by atoms with E-state index in [4.69, 9.17) is 14.2 Å². The van der Waals surface area contributed by atoms with Crippen molar-refractivity contribution in [3.63, 3.8) is 0 Å². The van der Waals surface area contributed by atoms with Crippen LogP contribution in [0, 0.1) is 6.92 Å². The molecule has 0 aliphatic rings. The number of hydrogen-bond acceptors (Lipinski definition) is 14. The largest absolute Gasteiger partial charge is 0.463 e. The van der Waals surface area contributed by atoms with E-state index in [1.54, 1.807) is 0 Å². The monoisotopic (exact) mass is 674 g/mol. The number of benzene rings is 2. The molecule has 1 atom stereocenters. The third-order valence-electron chi connectivity index (χ3n) is 6.63. The molecule has 2 aromatic heterocycles. The summed E-state index contributed by atoms with van der Waals surface area (Å²) < 4.78 is 16.1. The van der Waals surface area contributed by atoms with Gasteiger partial charge in [0.2, 0.25) is 5.13 Å². The van der Waals surface area contributed by atoms with Crippen LogP contribution in [0.15, 0.2) is 94.3 Å². The van der Waals surface area contributed by atoms with E-state index < -0.39 is 24.0 Å². The van der Waals surface area contributed by atoms with E-state index in [1.807, 2.05) is 62.4 Å². The number of aromatic nitrogens is 1. The maximum atomic E-state index is 11.9. The maximum Gasteiger partial charge on any atom is 0.347 e. The number of anilines is 1. The smallest absolute Gasteiger partial charge is 0.347 e. The summed E-state index contributed by atoms with van der Waals surface area (Å²) in [7, 11) is 0. The Morgan fingerprint density at radius 1 is 0.936 bits per heavy atom. The first kappa shape index (κ1) is 34.8. The molecule has 4 aromatic rings. The Labute approximate surface area is 280 Å². The van der Waals surface area contributed by atoms with E-state index in [0.717, 1.165) is 55.7 Å². The molecule has 0 saturated carbocycles. The van der Waals surface area contributed by atoms with Gasteiger partial charge in [-0.3, -0.25) is 0 Å². The Bertz CT molecular complexity index is 1770. The van der Waals surface area contributed by atoms with Gasteiger partial charge in [0.1, 0.15) is 16.4 Å². The molecule has 12 nitrogen and oxygen atoms in total. The van der Waals surface area contributed by atoms with E-state index in [1.165, 1.54) is 29.6 Å². The summed E-state index contributed by atoms with van der Waals surface area (Å²) in [5, 5.41) is 18.7. The van der Waals surface area contributed by atoms with Gasteiger partial charge in [-0.15, -0.1) is 20.5 Å². The van der Waals surface area contributed by atoms with Crippen molar-refractivity contribution in [3.05, 3.63) is 85.0 Å². The van der Waals surface area contributed by atoms with Crippen molar-refractivity contribution >= 4 is 77.3 Å². The van der Waals surface area contributed by atoms with Crippen molar-refractivity contribution in [1.82, 2.24) is 4.98 Å². The average molecular weight is 675 g/mol. The number of thiophene rings is 1. The van der Waals surface area contributed by atoms with Crippen molar-refractivity contribution < 1.29 is 28.6 Å². The van der Waals surface area contributed by atoms with Crippen LogP contribution < -0.4 is 4.90 Å². The van der Waals surface area contributed by atoms with Gasteiger partial charge in [0.05, 0.1) is 29.2 Å². The average Bonchev–Trinajstić information content (AvgIpc) is 3.64. The molecule has 0 fully saturated rings. The molecular weight excluding hydrogens is 641 g/mol. The van der Waals surface area contributed by atoms with E-state index in [-0.39, 0.29) is 13.2 Å². The Balaban J connectivity index is 1.28. The number of aryl methyl sites for hydroxylation is 1. The van der Waals surface area contributed by atoms with Gasteiger partial charge in [0, 0.05) is 30.8 Å². The predicted molar refractivity (Wildman–Crippen MR) is 183 cm³/mol. The summed E-state index contributed by atoms with van der Waals surface area (Å²) in [6.45, 7) is 13.9. The Hall–Kier alpha value is -5.08. The molecule has 0 saturated heterocycles. The zero-order valence-electron chi connectivity index (χ0n) is 26.2. The van der Waals surface area contributed by atoms with E-state index >= 15 is 0 Å². The molecule has 0 spiro atoms. The van der Waals surface area contributed by atoms with Gasteiger partial charge in [0.25, 0.3) is 0 Å². The molecule has 2 heterocycles. The van der Waals surface area contributed by atoms with Gasteiger partial charge in [-0.2, -0.15) is 0 Å². The highest BCUT2D eigenvalue weighted by Crippen LogP contribution is 2.39. The van der Waals surface area contributed by atoms with Gasteiger partial charge in [0.15, 0.2) is 6.10 Å².